The van der Waals surface area contributed by atoms with Crippen molar-refractivity contribution in [2.75, 3.05) is 6.54 Å². The Morgan fingerprint density at radius 3 is 1.17 bits per heavy atom. The molecule has 0 saturated carbocycles. The number of esters is 1. The summed E-state index contributed by atoms with van der Waals surface area (Å²) in [7, 11) is 0. The number of amides is 1. The summed E-state index contributed by atoms with van der Waals surface area (Å²) in [5, 5.41) is 11.1. The van der Waals surface area contributed by atoms with Crippen molar-refractivity contribution in [2.45, 2.75) is 232 Å². The summed E-state index contributed by atoms with van der Waals surface area (Å²) in [5.41, 5.74) is 0. The summed E-state index contributed by atoms with van der Waals surface area (Å²) < 4.78 is 6.00. The number of ether oxygens (including phenoxy) is 1. The molecule has 0 bridgehead atoms. The lowest BCUT2D eigenvalue weighted by Gasteiger charge is -2.18. The zero-order chi connectivity index (χ0) is 33.8. The van der Waals surface area contributed by atoms with Gasteiger partial charge in [-0.25, -0.2) is 0 Å². The van der Waals surface area contributed by atoms with Crippen molar-refractivity contribution in [1.82, 2.24) is 5.32 Å². The third-order valence-corrected chi connectivity index (χ3v) is 9.28. The number of carbonyl (C=O) groups is 3. The van der Waals surface area contributed by atoms with E-state index in [4.69, 9.17) is 9.84 Å². The molecule has 6 heteroatoms. The SMILES string of the molecule is CCCCCCCCCCCCCCCCCCC(=O)OC(CCCCCCCCCC)CCCCCCCC(=O)NCC(=O)O. The number of hydrogen-bond donors (Lipinski definition) is 2. The van der Waals surface area contributed by atoms with Gasteiger partial charge in [0.25, 0.3) is 0 Å². The first-order chi connectivity index (χ1) is 22.5. The molecular formula is C40H77NO5. The summed E-state index contributed by atoms with van der Waals surface area (Å²) in [4.78, 5) is 34.9. The van der Waals surface area contributed by atoms with Crippen LogP contribution in [0.4, 0.5) is 0 Å². The number of unbranched alkanes of at least 4 members (excludes halogenated alkanes) is 26. The molecule has 0 aromatic carbocycles. The Labute approximate surface area is 285 Å². The van der Waals surface area contributed by atoms with Crippen LogP contribution >= 0.6 is 0 Å². The fraction of sp³-hybridized carbons (Fsp3) is 0.925. The molecule has 1 atom stereocenters. The molecule has 0 aliphatic carbocycles. The van der Waals surface area contributed by atoms with Crippen LogP contribution in [0.3, 0.4) is 0 Å². The van der Waals surface area contributed by atoms with Crippen LogP contribution in [0.5, 0.6) is 0 Å². The Kier molecular flexibility index (Phi) is 35.0. The van der Waals surface area contributed by atoms with Gasteiger partial charge in [-0.1, -0.05) is 174 Å². The highest BCUT2D eigenvalue weighted by atomic mass is 16.5. The molecule has 0 aromatic heterocycles. The lowest BCUT2D eigenvalue weighted by atomic mass is 10.0. The maximum Gasteiger partial charge on any atom is 0.322 e. The highest BCUT2D eigenvalue weighted by Gasteiger charge is 2.14. The Bertz CT molecular complexity index is 683. The number of carboxylic acids is 1. The van der Waals surface area contributed by atoms with Gasteiger partial charge in [0, 0.05) is 12.8 Å². The van der Waals surface area contributed by atoms with E-state index in [0.29, 0.717) is 12.8 Å². The second-order valence-corrected chi connectivity index (χ2v) is 13.9. The standard InChI is InChI=1S/C40H77NO5/c1-3-5-7-9-11-13-14-15-16-17-18-19-20-22-27-31-35-40(45)46-37(32-28-24-21-12-10-8-6-4-2)33-29-25-23-26-30-34-38(42)41-36-39(43)44/h37H,3-36H2,1-2H3,(H,41,42)(H,43,44). The van der Waals surface area contributed by atoms with Crippen LogP contribution in [-0.2, 0) is 19.1 Å². The lowest BCUT2D eigenvalue weighted by Crippen LogP contribution is -2.28. The van der Waals surface area contributed by atoms with Gasteiger partial charge in [0.15, 0.2) is 0 Å². The third kappa shape index (κ3) is 35.3. The minimum absolute atomic E-state index is 0.0118. The Balaban J connectivity index is 4.01. The number of nitrogens with one attached hydrogen (secondary N) is 1. The van der Waals surface area contributed by atoms with Crippen LogP contribution in [0.25, 0.3) is 0 Å². The molecule has 0 saturated heterocycles. The van der Waals surface area contributed by atoms with Gasteiger partial charge >= 0.3 is 11.9 Å². The first-order valence-electron chi connectivity index (χ1n) is 20.2. The quantitative estimate of drug-likeness (QED) is 0.0515. The van der Waals surface area contributed by atoms with E-state index in [1.807, 2.05) is 0 Å². The molecule has 1 unspecified atom stereocenters. The molecule has 0 aliphatic rings. The average molecular weight is 652 g/mol. The second-order valence-electron chi connectivity index (χ2n) is 13.9. The van der Waals surface area contributed by atoms with Crippen LogP contribution < -0.4 is 5.32 Å². The van der Waals surface area contributed by atoms with Gasteiger partial charge in [-0.15, -0.1) is 0 Å². The van der Waals surface area contributed by atoms with Crippen LogP contribution in [0, 0.1) is 0 Å². The molecule has 46 heavy (non-hydrogen) atoms. The van der Waals surface area contributed by atoms with Gasteiger partial charge in [0.1, 0.15) is 12.6 Å². The predicted octanol–water partition coefficient (Wildman–Crippen LogP) is 12.0. The van der Waals surface area contributed by atoms with Gasteiger partial charge in [0.05, 0.1) is 0 Å². The summed E-state index contributed by atoms with van der Waals surface area (Å²) in [5.74, 6) is -1.22. The number of rotatable bonds is 37. The van der Waals surface area contributed by atoms with E-state index in [1.165, 1.54) is 135 Å². The minimum atomic E-state index is -1.01. The summed E-state index contributed by atoms with van der Waals surface area (Å²) in [6.45, 7) is 4.23. The van der Waals surface area contributed by atoms with Gasteiger partial charge in [-0.2, -0.15) is 0 Å². The Hall–Kier alpha value is -1.59. The van der Waals surface area contributed by atoms with Gasteiger partial charge in [-0.3, -0.25) is 14.4 Å². The van der Waals surface area contributed by atoms with E-state index in [-0.39, 0.29) is 24.5 Å². The van der Waals surface area contributed by atoms with E-state index >= 15 is 0 Å². The minimum Gasteiger partial charge on any atom is -0.480 e. The van der Waals surface area contributed by atoms with Gasteiger partial charge in [0.2, 0.25) is 5.91 Å². The van der Waals surface area contributed by atoms with Crippen molar-refractivity contribution in [3.8, 4) is 0 Å². The Morgan fingerprint density at radius 1 is 0.478 bits per heavy atom. The van der Waals surface area contributed by atoms with Crippen molar-refractivity contribution in [1.29, 1.82) is 0 Å². The highest BCUT2D eigenvalue weighted by molar-refractivity contribution is 5.80. The van der Waals surface area contributed by atoms with E-state index in [0.717, 1.165) is 64.2 Å². The molecule has 2 N–H and O–H groups in total. The smallest absolute Gasteiger partial charge is 0.322 e. The molecule has 0 rings (SSSR count). The van der Waals surface area contributed by atoms with Gasteiger partial charge < -0.3 is 15.2 Å². The molecular weight excluding hydrogens is 574 g/mol. The monoisotopic (exact) mass is 652 g/mol. The topological polar surface area (TPSA) is 92.7 Å². The molecule has 0 radical (unpaired) electrons. The van der Waals surface area contributed by atoms with Crippen molar-refractivity contribution < 1.29 is 24.2 Å². The van der Waals surface area contributed by atoms with E-state index in [1.54, 1.807) is 0 Å². The van der Waals surface area contributed by atoms with Crippen molar-refractivity contribution >= 4 is 17.8 Å². The molecule has 0 spiro atoms. The highest BCUT2D eigenvalue weighted by Crippen LogP contribution is 2.19. The maximum absolute atomic E-state index is 12.7. The molecule has 1 amide bonds. The molecule has 272 valence electrons. The number of carbonyl (C=O) groups excluding carboxylic acids is 2. The molecule has 0 heterocycles. The first-order valence-corrected chi connectivity index (χ1v) is 20.2. The summed E-state index contributed by atoms with van der Waals surface area (Å²) in [6.07, 6.45) is 39.4. The maximum atomic E-state index is 12.7. The van der Waals surface area contributed by atoms with E-state index < -0.39 is 5.97 Å². The van der Waals surface area contributed by atoms with E-state index in [2.05, 4.69) is 19.2 Å². The molecule has 0 aromatic rings. The third-order valence-electron chi connectivity index (χ3n) is 9.28. The normalized spacial score (nSPS) is 11.9. The van der Waals surface area contributed by atoms with Crippen molar-refractivity contribution in [3.05, 3.63) is 0 Å². The number of carboxylic acid groups (broad SMARTS) is 1. The van der Waals surface area contributed by atoms with Crippen molar-refractivity contribution in [3.63, 3.8) is 0 Å². The van der Waals surface area contributed by atoms with Crippen LogP contribution in [0.1, 0.15) is 226 Å². The molecule has 0 fully saturated rings. The largest absolute Gasteiger partial charge is 0.480 e. The fourth-order valence-electron chi connectivity index (χ4n) is 6.28. The first kappa shape index (κ1) is 44.4. The number of hydrogen-bond acceptors (Lipinski definition) is 4. The fourth-order valence-corrected chi connectivity index (χ4v) is 6.28. The zero-order valence-corrected chi connectivity index (χ0v) is 30.7. The molecule has 6 nitrogen and oxygen atoms in total. The Morgan fingerprint density at radius 2 is 0.804 bits per heavy atom. The molecule has 0 aliphatic heterocycles. The van der Waals surface area contributed by atoms with Crippen LogP contribution in [0.15, 0.2) is 0 Å². The summed E-state index contributed by atoms with van der Waals surface area (Å²) >= 11 is 0. The number of aliphatic carboxylic acids is 1. The van der Waals surface area contributed by atoms with Crippen molar-refractivity contribution in [2.24, 2.45) is 0 Å². The average Bonchev–Trinajstić information content (AvgIpc) is 3.04. The van der Waals surface area contributed by atoms with Crippen LogP contribution in [0.2, 0.25) is 0 Å². The second kappa shape index (κ2) is 36.2. The summed E-state index contributed by atoms with van der Waals surface area (Å²) in [6, 6.07) is 0. The van der Waals surface area contributed by atoms with E-state index in [9.17, 15) is 14.4 Å². The van der Waals surface area contributed by atoms with Crippen LogP contribution in [-0.4, -0.2) is 35.6 Å². The zero-order valence-electron chi connectivity index (χ0n) is 30.7. The predicted molar refractivity (Wildman–Crippen MR) is 194 cm³/mol. The lowest BCUT2D eigenvalue weighted by molar-refractivity contribution is -0.150. The van der Waals surface area contributed by atoms with Gasteiger partial charge in [-0.05, 0) is 38.5 Å².